The SMILES string of the molecule is Cc1ccc(S(=O)(=O)N(CC(=O)N(Cc2cccc(Br)c2)[C@H](Cc2ccccc2)C(=O)NC(C)(C)C)c2ccccc2Cl)cc1. The van der Waals surface area contributed by atoms with Gasteiger partial charge in [-0.1, -0.05) is 99.8 Å². The first-order chi connectivity index (χ1) is 21.2. The van der Waals surface area contributed by atoms with Gasteiger partial charge < -0.3 is 10.2 Å². The number of anilines is 1. The van der Waals surface area contributed by atoms with Crippen molar-refractivity contribution in [2.24, 2.45) is 0 Å². The van der Waals surface area contributed by atoms with Crippen molar-refractivity contribution in [1.29, 1.82) is 0 Å². The summed E-state index contributed by atoms with van der Waals surface area (Å²) in [6, 6.07) is 28.9. The smallest absolute Gasteiger partial charge is 0.264 e. The van der Waals surface area contributed by atoms with Crippen LogP contribution in [0.2, 0.25) is 5.02 Å². The number of hydrogen-bond donors (Lipinski definition) is 1. The monoisotopic (exact) mass is 709 g/mol. The van der Waals surface area contributed by atoms with Gasteiger partial charge in [0.15, 0.2) is 0 Å². The molecule has 0 saturated heterocycles. The molecule has 4 aromatic carbocycles. The number of rotatable bonds is 11. The van der Waals surface area contributed by atoms with E-state index in [2.05, 4.69) is 21.2 Å². The number of benzene rings is 4. The van der Waals surface area contributed by atoms with Crippen molar-refractivity contribution in [3.63, 3.8) is 0 Å². The molecular formula is C35H37BrClN3O4S. The molecule has 0 bridgehead atoms. The molecule has 0 saturated carbocycles. The third kappa shape index (κ3) is 9.19. The number of carbonyl (C=O) groups excluding carboxylic acids is 2. The standard InChI is InChI=1S/C35H37BrClN3O4S/c1-25-17-19-29(20-18-25)45(43,44)40(31-16-9-8-15-30(31)37)24-33(41)39(23-27-13-10-14-28(36)21-27)32(34(42)38-35(2,3)4)22-26-11-6-5-7-12-26/h5-21,32H,22-24H2,1-4H3,(H,38,42)/t32-/m1/s1. The Morgan fingerprint density at radius 1 is 0.867 bits per heavy atom. The molecule has 4 aromatic rings. The first-order valence-electron chi connectivity index (χ1n) is 14.5. The molecule has 0 spiro atoms. The molecule has 10 heteroatoms. The van der Waals surface area contributed by atoms with Gasteiger partial charge in [0.25, 0.3) is 10.0 Å². The van der Waals surface area contributed by atoms with Crippen molar-refractivity contribution in [2.75, 3.05) is 10.8 Å². The first-order valence-corrected chi connectivity index (χ1v) is 17.1. The van der Waals surface area contributed by atoms with Crippen LogP contribution in [0.3, 0.4) is 0 Å². The molecule has 1 N–H and O–H groups in total. The number of amides is 2. The zero-order valence-electron chi connectivity index (χ0n) is 25.7. The second-order valence-corrected chi connectivity index (χ2v) is 15.1. The number of carbonyl (C=O) groups is 2. The van der Waals surface area contributed by atoms with Gasteiger partial charge in [-0.05, 0) is 75.2 Å². The zero-order chi connectivity index (χ0) is 32.8. The molecule has 0 radical (unpaired) electrons. The van der Waals surface area contributed by atoms with Crippen molar-refractivity contribution in [3.8, 4) is 0 Å². The van der Waals surface area contributed by atoms with E-state index in [1.165, 1.54) is 17.0 Å². The Morgan fingerprint density at radius 3 is 2.11 bits per heavy atom. The number of sulfonamides is 1. The molecule has 7 nitrogen and oxygen atoms in total. The lowest BCUT2D eigenvalue weighted by Crippen LogP contribution is -2.56. The van der Waals surface area contributed by atoms with E-state index in [1.54, 1.807) is 36.4 Å². The van der Waals surface area contributed by atoms with Gasteiger partial charge >= 0.3 is 0 Å². The quantitative estimate of drug-likeness (QED) is 0.179. The van der Waals surface area contributed by atoms with Crippen LogP contribution in [0.5, 0.6) is 0 Å². The van der Waals surface area contributed by atoms with Crippen LogP contribution in [-0.2, 0) is 32.6 Å². The van der Waals surface area contributed by atoms with Crippen LogP contribution in [0.1, 0.15) is 37.5 Å². The first kappa shape index (κ1) is 34.2. The van der Waals surface area contributed by atoms with Crippen molar-refractivity contribution < 1.29 is 18.0 Å². The molecule has 0 heterocycles. The largest absolute Gasteiger partial charge is 0.350 e. The van der Waals surface area contributed by atoms with Gasteiger partial charge in [-0.2, -0.15) is 0 Å². The van der Waals surface area contributed by atoms with Gasteiger partial charge in [0.05, 0.1) is 15.6 Å². The van der Waals surface area contributed by atoms with Gasteiger partial charge in [0.2, 0.25) is 11.8 Å². The van der Waals surface area contributed by atoms with E-state index in [4.69, 9.17) is 11.6 Å². The lowest BCUT2D eigenvalue weighted by atomic mass is 10.0. The maximum atomic E-state index is 14.5. The number of nitrogens with zero attached hydrogens (tertiary/aromatic N) is 2. The second-order valence-electron chi connectivity index (χ2n) is 11.9. The molecule has 0 aliphatic heterocycles. The van der Waals surface area contributed by atoms with E-state index in [1.807, 2.05) is 82.3 Å². The van der Waals surface area contributed by atoms with Crippen molar-refractivity contribution in [1.82, 2.24) is 10.2 Å². The topological polar surface area (TPSA) is 86.8 Å². The minimum absolute atomic E-state index is 0.0191. The number of aryl methyl sites for hydroxylation is 1. The maximum absolute atomic E-state index is 14.5. The third-order valence-electron chi connectivity index (χ3n) is 7.02. The molecular weight excluding hydrogens is 674 g/mol. The minimum atomic E-state index is -4.24. The Bertz CT molecular complexity index is 1740. The molecule has 0 aliphatic rings. The van der Waals surface area contributed by atoms with Crippen LogP contribution in [-0.4, -0.2) is 43.3 Å². The Balaban J connectivity index is 1.83. The normalized spacial score (nSPS) is 12.3. The Labute approximate surface area is 279 Å². The van der Waals surface area contributed by atoms with Crippen LogP contribution in [0.4, 0.5) is 5.69 Å². The van der Waals surface area contributed by atoms with E-state index < -0.39 is 34.1 Å². The Hall–Kier alpha value is -3.66. The summed E-state index contributed by atoms with van der Waals surface area (Å²) in [5.74, 6) is -0.907. The van der Waals surface area contributed by atoms with Crippen molar-refractivity contribution in [3.05, 3.63) is 129 Å². The summed E-state index contributed by atoms with van der Waals surface area (Å²) >= 11 is 10.0. The molecule has 0 fully saturated rings. The van der Waals surface area contributed by atoms with Gasteiger partial charge in [0.1, 0.15) is 12.6 Å². The highest BCUT2D eigenvalue weighted by Crippen LogP contribution is 2.31. The molecule has 2 amide bonds. The summed E-state index contributed by atoms with van der Waals surface area (Å²) in [5.41, 5.74) is 2.10. The summed E-state index contributed by atoms with van der Waals surface area (Å²) in [5, 5.41) is 3.20. The van der Waals surface area contributed by atoms with Gasteiger partial charge in [-0.15, -0.1) is 0 Å². The minimum Gasteiger partial charge on any atom is -0.350 e. The van der Waals surface area contributed by atoms with Gasteiger partial charge in [-0.3, -0.25) is 13.9 Å². The number of hydrogen-bond acceptors (Lipinski definition) is 4. The zero-order valence-corrected chi connectivity index (χ0v) is 28.9. The summed E-state index contributed by atoms with van der Waals surface area (Å²) in [6.07, 6.45) is 0.222. The molecule has 0 aliphatic carbocycles. The fraction of sp³-hybridized carbons (Fsp3) is 0.257. The van der Waals surface area contributed by atoms with E-state index in [-0.39, 0.29) is 34.5 Å². The molecule has 4 rings (SSSR count). The highest BCUT2D eigenvalue weighted by Gasteiger charge is 2.36. The van der Waals surface area contributed by atoms with Crippen molar-refractivity contribution >= 4 is 55.1 Å². The molecule has 0 unspecified atom stereocenters. The summed E-state index contributed by atoms with van der Waals surface area (Å²) in [4.78, 5) is 30.0. The van der Waals surface area contributed by atoms with E-state index in [9.17, 15) is 18.0 Å². The fourth-order valence-electron chi connectivity index (χ4n) is 4.84. The average molecular weight is 711 g/mol. The predicted molar refractivity (Wildman–Crippen MR) is 184 cm³/mol. The lowest BCUT2D eigenvalue weighted by Gasteiger charge is -2.35. The maximum Gasteiger partial charge on any atom is 0.264 e. The molecule has 236 valence electrons. The second kappa shape index (κ2) is 14.6. The summed E-state index contributed by atoms with van der Waals surface area (Å²) in [6.45, 7) is 6.96. The van der Waals surface area contributed by atoms with Crippen LogP contribution in [0.25, 0.3) is 0 Å². The highest BCUT2D eigenvalue weighted by atomic mass is 79.9. The molecule has 1 atom stereocenters. The number of nitrogens with one attached hydrogen (secondary N) is 1. The average Bonchev–Trinajstić information content (AvgIpc) is 2.98. The third-order valence-corrected chi connectivity index (χ3v) is 9.61. The van der Waals surface area contributed by atoms with Gasteiger partial charge in [0, 0.05) is 23.0 Å². The summed E-state index contributed by atoms with van der Waals surface area (Å²) in [7, 11) is -4.24. The van der Waals surface area contributed by atoms with E-state index in [0.29, 0.717) is 0 Å². The van der Waals surface area contributed by atoms with Crippen LogP contribution >= 0.6 is 27.5 Å². The Kier molecular flexibility index (Phi) is 11.1. The number of para-hydroxylation sites is 1. The Morgan fingerprint density at radius 2 is 1.49 bits per heavy atom. The highest BCUT2D eigenvalue weighted by molar-refractivity contribution is 9.10. The fourth-order valence-corrected chi connectivity index (χ4v) is 7.01. The van der Waals surface area contributed by atoms with Gasteiger partial charge in [-0.25, -0.2) is 8.42 Å². The molecule has 0 aromatic heterocycles. The summed E-state index contributed by atoms with van der Waals surface area (Å²) < 4.78 is 30.1. The number of halogens is 2. The van der Waals surface area contributed by atoms with Crippen LogP contribution < -0.4 is 9.62 Å². The van der Waals surface area contributed by atoms with E-state index >= 15 is 0 Å². The van der Waals surface area contributed by atoms with Crippen molar-refractivity contribution in [2.45, 2.75) is 57.1 Å². The molecule has 45 heavy (non-hydrogen) atoms. The lowest BCUT2D eigenvalue weighted by molar-refractivity contribution is -0.140. The van der Waals surface area contributed by atoms with Crippen LogP contribution in [0, 0.1) is 6.92 Å². The van der Waals surface area contributed by atoms with E-state index in [0.717, 1.165) is 25.5 Å². The van der Waals surface area contributed by atoms with Crippen LogP contribution in [0.15, 0.2) is 112 Å². The predicted octanol–water partition coefficient (Wildman–Crippen LogP) is 7.16.